The molecule has 0 spiro atoms. The third-order valence-electron chi connectivity index (χ3n) is 3.88. The Bertz CT molecular complexity index is 447. The van der Waals surface area contributed by atoms with Gasteiger partial charge in [-0.1, -0.05) is 19.1 Å². The summed E-state index contributed by atoms with van der Waals surface area (Å²) in [5.74, 6) is 1.22. The molecule has 1 aliphatic rings. The maximum absolute atomic E-state index is 12.3. The van der Waals surface area contributed by atoms with Gasteiger partial charge in [0.2, 0.25) is 5.91 Å². The van der Waals surface area contributed by atoms with Crippen LogP contribution in [0.4, 0.5) is 0 Å². The summed E-state index contributed by atoms with van der Waals surface area (Å²) in [5.41, 5.74) is 0.945. The van der Waals surface area contributed by atoms with Crippen molar-refractivity contribution in [1.82, 2.24) is 4.90 Å². The van der Waals surface area contributed by atoms with Crippen molar-refractivity contribution in [3.63, 3.8) is 0 Å². The van der Waals surface area contributed by atoms with Crippen molar-refractivity contribution in [2.24, 2.45) is 5.92 Å². The number of likely N-dealkylation sites (tertiary alicyclic amines) is 1. The Morgan fingerprint density at radius 1 is 1.53 bits per heavy atom. The van der Waals surface area contributed by atoms with Gasteiger partial charge in [0.1, 0.15) is 5.75 Å². The Morgan fingerprint density at radius 2 is 2.32 bits per heavy atom. The van der Waals surface area contributed by atoms with E-state index in [4.69, 9.17) is 4.74 Å². The maximum Gasteiger partial charge on any atom is 0.227 e. The molecule has 19 heavy (non-hydrogen) atoms. The fourth-order valence-electron chi connectivity index (χ4n) is 2.65. The summed E-state index contributed by atoms with van der Waals surface area (Å²) in [4.78, 5) is 14.1. The summed E-state index contributed by atoms with van der Waals surface area (Å²) < 4.78 is 5.16. The fraction of sp³-hybridized carbons (Fsp3) is 0.533. The van der Waals surface area contributed by atoms with E-state index in [2.05, 4.69) is 6.92 Å². The molecular weight excluding hydrogens is 242 g/mol. The number of rotatable bonds is 4. The lowest BCUT2D eigenvalue weighted by atomic mass is 10.0. The summed E-state index contributed by atoms with van der Waals surface area (Å²) >= 11 is 0. The quantitative estimate of drug-likeness (QED) is 0.895. The van der Waals surface area contributed by atoms with Gasteiger partial charge in [0, 0.05) is 6.54 Å². The number of benzene rings is 1. The van der Waals surface area contributed by atoms with Crippen LogP contribution >= 0.6 is 0 Å². The van der Waals surface area contributed by atoms with Gasteiger partial charge in [0.05, 0.1) is 26.2 Å². The van der Waals surface area contributed by atoms with Crippen LogP contribution in [-0.2, 0) is 11.2 Å². The summed E-state index contributed by atoms with van der Waals surface area (Å²) in [6.07, 6.45) is 1.33. The minimum Gasteiger partial charge on any atom is -0.497 e. The molecule has 1 aliphatic heterocycles. The molecule has 2 rings (SSSR count). The second-order valence-electron chi connectivity index (χ2n) is 5.13. The molecule has 4 nitrogen and oxygen atoms in total. The Kier molecular flexibility index (Phi) is 4.43. The Morgan fingerprint density at radius 3 is 3.00 bits per heavy atom. The lowest BCUT2D eigenvalue weighted by molar-refractivity contribution is -0.132. The average molecular weight is 263 g/mol. The number of carbonyl (C=O) groups excluding carboxylic acids is 1. The highest BCUT2D eigenvalue weighted by molar-refractivity contribution is 5.79. The number of amides is 1. The van der Waals surface area contributed by atoms with Gasteiger partial charge in [0.25, 0.3) is 0 Å². The first-order valence-corrected chi connectivity index (χ1v) is 6.69. The van der Waals surface area contributed by atoms with Crippen LogP contribution < -0.4 is 4.74 Å². The van der Waals surface area contributed by atoms with Crippen LogP contribution in [0.5, 0.6) is 5.75 Å². The van der Waals surface area contributed by atoms with Crippen LogP contribution in [0.3, 0.4) is 0 Å². The summed E-state index contributed by atoms with van der Waals surface area (Å²) in [6.45, 7) is 2.87. The third kappa shape index (κ3) is 3.07. The number of aliphatic hydroxyl groups excluding tert-OH is 1. The van der Waals surface area contributed by atoms with Crippen molar-refractivity contribution >= 4 is 5.91 Å². The number of hydrogen-bond donors (Lipinski definition) is 1. The molecule has 0 radical (unpaired) electrons. The molecule has 0 bridgehead atoms. The van der Waals surface area contributed by atoms with Crippen molar-refractivity contribution < 1.29 is 14.6 Å². The van der Waals surface area contributed by atoms with Crippen molar-refractivity contribution in [2.45, 2.75) is 25.8 Å². The van der Waals surface area contributed by atoms with E-state index in [0.29, 0.717) is 12.3 Å². The maximum atomic E-state index is 12.3. The number of hydrogen-bond acceptors (Lipinski definition) is 3. The van der Waals surface area contributed by atoms with Crippen molar-refractivity contribution in [2.75, 3.05) is 20.3 Å². The van der Waals surface area contributed by atoms with Crippen LogP contribution in [0.2, 0.25) is 0 Å². The smallest absolute Gasteiger partial charge is 0.227 e. The zero-order valence-corrected chi connectivity index (χ0v) is 11.5. The van der Waals surface area contributed by atoms with E-state index < -0.39 is 0 Å². The second-order valence-corrected chi connectivity index (χ2v) is 5.13. The van der Waals surface area contributed by atoms with Gasteiger partial charge in [-0.05, 0) is 30.0 Å². The SMILES string of the molecule is COc1cccc(CC(=O)N2CCC(C)C2CO)c1. The summed E-state index contributed by atoms with van der Waals surface area (Å²) in [5, 5.41) is 9.39. The minimum atomic E-state index is -0.0295. The Balaban J connectivity index is 2.04. The molecule has 4 heteroatoms. The van der Waals surface area contributed by atoms with E-state index in [1.807, 2.05) is 29.2 Å². The Hall–Kier alpha value is -1.55. The molecule has 1 aromatic carbocycles. The molecule has 1 amide bonds. The molecular formula is C15H21NO3. The predicted octanol–water partition coefficient (Wildman–Crippen LogP) is 1.47. The van der Waals surface area contributed by atoms with Crippen molar-refractivity contribution in [3.8, 4) is 5.75 Å². The van der Waals surface area contributed by atoms with Crippen LogP contribution in [0.1, 0.15) is 18.9 Å². The third-order valence-corrected chi connectivity index (χ3v) is 3.88. The predicted molar refractivity (Wildman–Crippen MR) is 73.1 cm³/mol. The van der Waals surface area contributed by atoms with Gasteiger partial charge in [-0.25, -0.2) is 0 Å². The van der Waals surface area contributed by atoms with E-state index >= 15 is 0 Å². The average Bonchev–Trinajstić information content (AvgIpc) is 2.80. The minimum absolute atomic E-state index is 0.0295. The van der Waals surface area contributed by atoms with E-state index in [1.165, 1.54) is 0 Å². The number of carbonyl (C=O) groups is 1. The van der Waals surface area contributed by atoms with Gasteiger partial charge in [-0.3, -0.25) is 4.79 Å². The van der Waals surface area contributed by atoms with E-state index in [0.717, 1.165) is 24.3 Å². The monoisotopic (exact) mass is 263 g/mol. The lowest BCUT2D eigenvalue weighted by Gasteiger charge is -2.25. The van der Waals surface area contributed by atoms with Gasteiger partial charge in [0.15, 0.2) is 0 Å². The van der Waals surface area contributed by atoms with E-state index in [-0.39, 0.29) is 18.6 Å². The molecule has 2 atom stereocenters. The zero-order chi connectivity index (χ0) is 13.8. The number of aliphatic hydroxyl groups is 1. The Labute approximate surface area is 114 Å². The summed E-state index contributed by atoms with van der Waals surface area (Å²) in [7, 11) is 1.62. The van der Waals surface area contributed by atoms with Crippen molar-refractivity contribution in [3.05, 3.63) is 29.8 Å². The topological polar surface area (TPSA) is 49.8 Å². The molecule has 0 aliphatic carbocycles. The first-order valence-electron chi connectivity index (χ1n) is 6.69. The fourth-order valence-corrected chi connectivity index (χ4v) is 2.65. The van der Waals surface area contributed by atoms with Gasteiger partial charge in [-0.2, -0.15) is 0 Å². The van der Waals surface area contributed by atoms with Crippen LogP contribution in [0, 0.1) is 5.92 Å². The molecule has 0 aromatic heterocycles. The van der Waals surface area contributed by atoms with Crippen LogP contribution in [-0.4, -0.2) is 42.2 Å². The molecule has 104 valence electrons. The molecule has 1 saturated heterocycles. The largest absolute Gasteiger partial charge is 0.497 e. The lowest BCUT2D eigenvalue weighted by Crippen LogP contribution is -2.40. The first kappa shape index (κ1) is 13.9. The van der Waals surface area contributed by atoms with E-state index in [9.17, 15) is 9.90 Å². The van der Waals surface area contributed by atoms with Crippen LogP contribution in [0.25, 0.3) is 0 Å². The van der Waals surface area contributed by atoms with Crippen molar-refractivity contribution in [1.29, 1.82) is 0 Å². The number of ether oxygens (including phenoxy) is 1. The first-order chi connectivity index (χ1) is 9.15. The van der Waals surface area contributed by atoms with Gasteiger partial charge < -0.3 is 14.7 Å². The molecule has 0 saturated carbocycles. The zero-order valence-electron chi connectivity index (χ0n) is 11.5. The number of nitrogens with zero attached hydrogens (tertiary/aromatic N) is 1. The highest BCUT2D eigenvalue weighted by atomic mass is 16.5. The summed E-state index contributed by atoms with van der Waals surface area (Å²) in [6, 6.07) is 7.53. The highest BCUT2D eigenvalue weighted by Crippen LogP contribution is 2.24. The molecule has 1 heterocycles. The van der Waals surface area contributed by atoms with Gasteiger partial charge >= 0.3 is 0 Å². The molecule has 1 aromatic rings. The highest BCUT2D eigenvalue weighted by Gasteiger charge is 2.33. The molecule has 2 unspecified atom stereocenters. The molecule has 1 fully saturated rings. The number of methoxy groups -OCH3 is 1. The standard InChI is InChI=1S/C15H21NO3/c1-11-6-7-16(14(11)10-17)15(18)9-12-4-3-5-13(8-12)19-2/h3-5,8,11,14,17H,6-7,9-10H2,1-2H3. The molecule has 1 N–H and O–H groups in total. The van der Waals surface area contributed by atoms with E-state index in [1.54, 1.807) is 7.11 Å². The normalized spacial score (nSPS) is 22.6. The van der Waals surface area contributed by atoms with Crippen LogP contribution in [0.15, 0.2) is 24.3 Å². The van der Waals surface area contributed by atoms with Gasteiger partial charge in [-0.15, -0.1) is 0 Å². The second kappa shape index (κ2) is 6.06.